The Kier molecular flexibility index (Phi) is 7.95. The number of rotatable bonds is 8. The van der Waals surface area contributed by atoms with Crippen molar-refractivity contribution >= 4 is 46.4 Å². The van der Waals surface area contributed by atoms with Gasteiger partial charge in [-0.15, -0.1) is 0 Å². The molecule has 0 aliphatic rings. The summed E-state index contributed by atoms with van der Waals surface area (Å²) in [4.78, 5) is 23.7. The molecule has 2 rings (SSSR count). The molecule has 0 fully saturated rings. The van der Waals surface area contributed by atoms with Crippen molar-refractivity contribution in [1.29, 1.82) is 0 Å². The third-order valence-corrected chi connectivity index (χ3v) is 4.19. The van der Waals surface area contributed by atoms with E-state index in [1.165, 1.54) is 0 Å². The van der Waals surface area contributed by atoms with E-state index in [1.807, 2.05) is 13.8 Å². The second-order valence-electron chi connectivity index (χ2n) is 6.30. The molecule has 0 spiro atoms. The molecule has 2 amide bonds. The van der Waals surface area contributed by atoms with E-state index in [-0.39, 0.29) is 17.7 Å². The number of benzene rings is 2. The van der Waals surface area contributed by atoms with Gasteiger partial charge in [-0.05, 0) is 48.9 Å². The number of ether oxygens (including phenoxy) is 1. The summed E-state index contributed by atoms with van der Waals surface area (Å²) in [7, 11) is 0. The van der Waals surface area contributed by atoms with Gasteiger partial charge >= 0.3 is 0 Å². The van der Waals surface area contributed by atoms with Crippen LogP contribution in [-0.4, -0.2) is 18.4 Å². The first-order chi connectivity index (χ1) is 12.8. The number of halogens is 2. The van der Waals surface area contributed by atoms with Crippen LogP contribution in [0.4, 0.5) is 11.4 Å². The Hall–Kier alpha value is -2.24. The SMILES string of the molecule is CC(C)C(=O)Nc1ccc(NC(=O)CCCOc2ccc(Cl)cc2Cl)cc1. The van der Waals surface area contributed by atoms with E-state index in [9.17, 15) is 9.59 Å². The van der Waals surface area contributed by atoms with Gasteiger partial charge in [-0.3, -0.25) is 9.59 Å². The van der Waals surface area contributed by atoms with E-state index in [0.29, 0.717) is 46.6 Å². The van der Waals surface area contributed by atoms with Crippen molar-refractivity contribution < 1.29 is 14.3 Å². The molecule has 0 aromatic heterocycles. The Morgan fingerprint density at radius 1 is 1.00 bits per heavy atom. The molecule has 0 saturated heterocycles. The van der Waals surface area contributed by atoms with E-state index in [2.05, 4.69) is 10.6 Å². The highest BCUT2D eigenvalue weighted by Gasteiger charge is 2.08. The normalized spacial score (nSPS) is 10.6. The highest BCUT2D eigenvalue weighted by molar-refractivity contribution is 6.35. The highest BCUT2D eigenvalue weighted by atomic mass is 35.5. The summed E-state index contributed by atoms with van der Waals surface area (Å²) in [6.45, 7) is 4.03. The van der Waals surface area contributed by atoms with Crippen molar-refractivity contribution in [3.63, 3.8) is 0 Å². The van der Waals surface area contributed by atoms with Crippen molar-refractivity contribution in [2.75, 3.05) is 17.2 Å². The lowest BCUT2D eigenvalue weighted by Gasteiger charge is -2.10. The van der Waals surface area contributed by atoms with Crippen LogP contribution in [-0.2, 0) is 9.59 Å². The lowest BCUT2D eigenvalue weighted by molar-refractivity contribution is -0.119. The first-order valence-electron chi connectivity index (χ1n) is 8.64. The van der Waals surface area contributed by atoms with Crippen molar-refractivity contribution in [1.82, 2.24) is 0 Å². The van der Waals surface area contributed by atoms with Gasteiger partial charge < -0.3 is 15.4 Å². The number of anilines is 2. The molecule has 0 radical (unpaired) electrons. The van der Waals surface area contributed by atoms with Crippen LogP contribution < -0.4 is 15.4 Å². The van der Waals surface area contributed by atoms with Gasteiger partial charge in [0.25, 0.3) is 0 Å². The van der Waals surface area contributed by atoms with Crippen molar-refractivity contribution in [3.8, 4) is 5.75 Å². The quantitative estimate of drug-likeness (QED) is 0.575. The fraction of sp³-hybridized carbons (Fsp3) is 0.300. The number of hydrogen-bond acceptors (Lipinski definition) is 3. The molecule has 0 unspecified atom stereocenters. The van der Waals surface area contributed by atoms with E-state index in [4.69, 9.17) is 27.9 Å². The van der Waals surface area contributed by atoms with Crippen LogP contribution in [0, 0.1) is 5.92 Å². The first kappa shape index (κ1) is 21.1. The summed E-state index contributed by atoms with van der Waals surface area (Å²) < 4.78 is 5.55. The van der Waals surface area contributed by atoms with Crippen LogP contribution in [0.2, 0.25) is 10.0 Å². The smallest absolute Gasteiger partial charge is 0.226 e. The van der Waals surface area contributed by atoms with Crippen LogP contribution >= 0.6 is 23.2 Å². The molecular formula is C20H22Cl2N2O3. The van der Waals surface area contributed by atoms with Gasteiger partial charge in [-0.25, -0.2) is 0 Å². The molecule has 144 valence electrons. The summed E-state index contributed by atoms with van der Waals surface area (Å²) in [6.07, 6.45) is 0.865. The number of amides is 2. The third kappa shape index (κ3) is 7.12. The largest absolute Gasteiger partial charge is 0.492 e. The average molecular weight is 409 g/mol. The van der Waals surface area contributed by atoms with Crippen LogP contribution in [0.3, 0.4) is 0 Å². The summed E-state index contributed by atoms with van der Waals surface area (Å²) in [6, 6.07) is 12.0. The summed E-state index contributed by atoms with van der Waals surface area (Å²) >= 11 is 11.9. The highest BCUT2D eigenvalue weighted by Crippen LogP contribution is 2.27. The molecule has 0 bridgehead atoms. The van der Waals surface area contributed by atoms with Gasteiger partial charge in [0.1, 0.15) is 5.75 Å². The zero-order valence-electron chi connectivity index (χ0n) is 15.2. The van der Waals surface area contributed by atoms with Crippen molar-refractivity contribution in [3.05, 3.63) is 52.5 Å². The Balaban J connectivity index is 1.73. The predicted molar refractivity (Wildman–Crippen MR) is 110 cm³/mol. The topological polar surface area (TPSA) is 67.4 Å². The van der Waals surface area contributed by atoms with Gasteiger partial charge in [0.05, 0.1) is 11.6 Å². The van der Waals surface area contributed by atoms with E-state index < -0.39 is 0 Å². The maximum atomic E-state index is 12.0. The van der Waals surface area contributed by atoms with Crippen LogP contribution in [0.15, 0.2) is 42.5 Å². The number of nitrogens with one attached hydrogen (secondary N) is 2. The Bertz CT molecular complexity index is 792. The molecule has 7 heteroatoms. The second-order valence-corrected chi connectivity index (χ2v) is 7.14. The van der Waals surface area contributed by atoms with Crippen molar-refractivity contribution in [2.24, 2.45) is 5.92 Å². The molecule has 27 heavy (non-hydrogen) atoms. The van der Waals surface area contributed by atoms with Gasteiger partial charge in [-0.2, -0.15) is 0 Å². The van der Waals surface area contributed by atoms with Gasteiger partial charge in [0, 0.05) is 28.7 Å². The monoisotopic (exact) mass is 408 g/mol. The second kappa shape index (κ2) is 10.2. The number of hydrogen-bond donors (Lipinski definition) is 2. The van der Waals surface area contributed by atoms with Crippen LogP contribution in [0.25, 0.3) is 0 Å². The fourth-order valence-electron chi connectivity index (χ4n) is 2.15. The van der Waals surface area contributed by atoms with Crippen molar-refractivity contribution in [2.45, 2.75) is 26.7 Å². The Labute approximate surface area is 169 Å². The maximum absolute atomic E-state index is 12.0. The molecule has 2 aromatic carbocycles. The lowest BCUT2D eigenvalue weighted by atomic mass is 10.2. The van der Waals surface area contributed by atoms with E-state index >= 15 is 0 Å². The zero-order valence-corrected chi connectivity index (χ0v) is 16.7. The number of carbonyl (C=O) groups is 2. The minimum Gasteiger partial charge on any atom is -0.492 e. The summed E-state index contributed by atoms with van der Waals surface area (Å²) in [5.41, 5.74) is 1.36. The number of carbonyl (C=O) groups excluding carboxylic acids is 2. The molecule has 0 heterocycles. The lowest BCUT2D eigenvalue weighted by Crippen LogP contribution is -2.17. The third-order valence-electron chi connectivity index (χ3n) is 3.66. The minimum atomic E-state index is -0.111. The molecular weight excluding hydrogens is 387 g/mol. The molecule has 0 atom stereocenters. The maximum Gasteiger partial charge on any atom is 0.226 e. The zero-order chi connectivity index (χ0) is 19.8. The molecule has 0 aliphatic heterocycles. The van der Waals surface area contributed by atoms with Crippen LogP contribution in [0.5, 0.6) is 5.75 Å². The molecule has 5 nitrogen and oxygen atoms in total. The molecule has 0 aliphatic carbocycles. The summed E-state index contributed by atoms with van der Waals surface area (Å²) in [5.74, 6) is 0.294. The molecule has 2 N–H and O–H groups in total. The average Bonchev–Trinajstić information content (AvgIpc) is 2.61. The Morgan fingerprint density at radius 3 is 2.22 bits per heavy atom. The fourth-order valence-corrected chi connectivity index (χ4v) is 2.62. The van der Waals surface area contributed by atoms with Crippen LogP contribution in [0.1, 0.15) is 26.7 Å². The standard InChI is InChI=1S/C20H22Cl2N2O3/c1-13(2)20(26)24-16-8-6-15(7-9-16)23-19(25)4-3-11-27-18-10-5-14(21)12-17(18)22/h5-10,12-13H,3-4,11H2,1-2H3,(H,23,25)(H,24,26). The van der Waals surface area contributed by atoms with Gasteiger partial charge in [0.15, 0.2) is 0 Å². The minimum absolute atomic E-state index is 0.0485. The van der Waals surface area contributed by atoms with Gasteiger partial charge in [-0.1, -0.05) is 37.0 Å². The Morgan fingerprint density at radius 2 is 1.63 bits per heavy atom. The predicted octanol–water partition coefficient (Wildman–Crippen LogP) is 5.39. The van der Waals surface area contributed by atoms with Gasteiger partial charge in [0.2, 0.25) is 11.8 Å². The molecule has 2 aromatic rings. The molecule has 0 saturated carbocycles. The van der Waals surface area contributed by atoms with E-state index in [0.717, 1.165) is 0 Å². The van der Waals surface area contributed by atoms with E-state index in [1.54, 1.807) is 42.5 Å². The first-order valence-corrected chi connectivity index (χ1v) is 9.39. The summed E-state index contributed by atoms with van der Waals surface area (Å²) in [5, 5.41) is 6.60.